The first-order chi connectivity index (χ1) is 23.7. The fraction of sp³-hybridized carbons (Fsp3) is 0.676. The van der Waals surface area contributed by atoms with Crippen molar-refractivity contribution in [2.24, 2.45) is 29.4 Å². The summed E-state index contributed by atoms with van der Waals surface area (Å²) < 4.78 is 32.3. The van der Waals surface area contributed by atoms with Gasteiger partial charge < -0.3 is 30.2 Å². The molecule has 3 N–H and O–H groups in total. The number of carbonyl (C=O) groups excluding carboxylic acids is 4. The van der Waals surface area contributed by atoms with Gasteiger partial charge in [-0.15, -0.1) is 0 Å². The van der Waals surface area contributed by atoms with Crippen molar-refractivity contribution in [1.29, 1.82) is 0 Å². The maximum absolute atomic E-state index is 14.3. The standard InChI is InChI=1S/C37H49FN4O7/c1-47-27-12-9-22(10-13-27)28-15-18-41(34(44)24-7-5-23(6-8-24)31(21-38)48-36(39)46)32(28)33(43)40-26-11-14-29-25(19-26)20-30-35(45)49-37(42(29)30)16-3-2-4-17-37/h11,14,19-20,22-24,27-28,31-32H,2-10,12-13,15-18,21H2,1H3,(H2,39,46)(H,40,43)/t22-,23?,24?,27-,28-,31+,32-/m0/s1. The lowest BCUT2D eigenvalue weighted by molar-refractivity contribution is -0.142. The molecule has 1 aromatic heterocycles. The Hall–Kier alpha value is -3.67. The van der Waals surface area contributed by atoms with E-state index >= 15 is 0 Å². The number of anilines is 1. The maximum atomic E-state index is 14.3. The van der Waals surface area contributed by atoms with E-state index in [4.69, 9.17) is 19.9 Å². The quantitative estimate of drug-likeness (QED) is 0.324. The van der Waals surface area contributed by atoms with E-state index in [0.717, 1.165) is 75.1 Å². The number of halogens is 1. The van der Waals surface area contributed by atoms with Crippen LogP contribution in [0.15, 0.2) is 24.3 Å². The van der Waals surface area contributed by atoms with E-state index in [9.17, 15) is 23.6 Å². The molecule has 12 heteroatoms. The fourth-order valence-corrected chi connectivity index (χ4v) is 9.82. The molecule has 4 fully saturated rings. The number of fused-ring (bicyclic) bond motifs is 4. The van der Waals surface area contributed by atoms with Crippen molar-refractivity contribution in [3.05, 3.63) is 30.0 Å². The molecule has 1 spiro atoms. The number of nitrogens with zero attached hydrogens (tertiary/aromatic N) is 2. The smallest absolute Gasteiger partial charge is 0.404 e. The highest BCUT2D eigenvalue weighted by molar-refractivity contribution is 6.02. The molecular formula is C37H49FN4O7. The molecule has 0 unspecified atom stereocenters. The molecule has 5 aliphatic rings. The second kappa shape index (κ2) is 13.9. The molecule has 2 aromatic rings. The number of benzene rings is 1. The second-order valence-corrected chi connectivity index (χ2v) is 15.0. The van der Waals surface area contributed by atoms with E-state index in [1.807, 2.05) is 24.3 Å². The van der Waals surface area contributed by atoms with E-state index in [1.54, 1.807) is 12.0 Å². The Morgan fingerprint density at radius 1 is 1.02 bits per heavy atom. The van der Waals surface area contributed by atoms with E-state index in [-0.39, 0.29) is 41.6 Å². The number of aromatic nitrogens is 1. The molecule has 3 amide bonds. The summed E-state index contributed by atoms with van der Waals surface area (Å²) in [5.41, 5.74) is 6.61. The Kier molecular flexibility index (Phi) is 9.60. The first-order valence-corrected chi connectivity index (χ1v) is 18.3. The van der Waals surface area contributed by atoms with Gasteiger partial charge in [-0.2, -0.15) is 0 Å². The third-order valence-corrected chi connectivity index (χ3v) is 12.3. The molecule has 0 radical (unpaired) electrons. The largest absolute Gasteiger partial charge is 0.443 e. The van der Waals surface area contributed by atoms with Crippen LogP contribution in [0.3, 0.4) is 0 Å². The fourth-order valence-electron chi connectivity index (χ4n) is 9.82. The molecule has 3 saturated carbocycles. The lowest BCUT2D eigenvalue weighted by Gasteiger charge is -2.37. The number of esters is 1. The number of amides is 3. The van der Waals surface area contributed by atoms with Crippen LogP contribution in [0, 0.1) is 23.7 Å². The van der Waals surface area contributed by atoms with Crippen LogP contribution in [0.1, 0.15) is 100 Å². The number of nitrogens with two attached hydrogens (primary N) is 1. The van der Waals surface area contributed by atoms with Crippen molar-refractivity contribution in [1.82, 2.24) is 9.47 Å². The van der Waals surface area contributed by atoms with Crippen molar-refractivity contribution in [2.75, 3.05) is 25.6 Å². The van der Waals surface area contributed by atoms with Crippen molar-refractivity contribution >= 4 is 40.5 Å². The van der Waals surface area contributed by atoms with Crippen molar-refractivity contribution < 1.29 is 37.8 Å². The molecular weight excluding hydrogens is 631 g/mol. The monoisotopic (exact) mass is 680 g/mol. The van der Waals surface area contributed by atoms with Crippen LogP contribution >= 0.6 is 0 Å². The van der Waals surface area contributed by atoms with Crippen molar-refractivity contribution in [3.63, 3.8) is 0 Å². The number of ether oxygens (including phenoxy) is 3. The molecule has 7 rings (SSSR count). The van der Waals surface area contributed by atoms with E-state index in [1.165, 1.54) is 0 Å². The zero-order chi connectivity index (χ0) is 34.3. The Bertz CT molecular complexity index is 1570. The predicted molar refractivity (Wildman–Crippen MR) is 179 cm³/mol. The highest BCUT2D eigenvalue weighted by atomic mass is 19.1. The Morgan fingerprint density at radius 3 is 2.43 bits per heavy atom. The molecule has 0 bridgehead atoms. The average molecular weight is 681 g/mol. The first-order valence-electron chi connectivity index (χ1n) is 18.3. The number of likely N-dealkylation sites (tertiary alicyclic amines) is 1. The van der Waals surface area contributed by atoms with Crippen LogP contribution < -0.4 is 11.1 Å². The zero-order valence-corrected chi connectivity index (χ0v) is 28.4. The van der Waals surface area contributed by atoms with Crippen molar-refractivity contribution in [3.8, 4) is 0 Å². The normalized spacial score (nSPS) is 30.2. The Morgan fingerprint density at radius 2 is 1.76 bits per heavy atom. The minimum Gasteiger partial charge on any atom is -0.443 e. The van der Waals surface area contributed by atoms with Crippen LogP contribution in [0.5, 0.6) is 0 Å². The van der Waals surface area contributed by atoms with Crippen LogP contribution in [0.2, 0.25) is 0 Å². The van der Waals surface area contributed by atoms with Gasteiger partial charge >= 0.3 is 12.1 Å². The maximum Gasteiger partial charge on any atom is 0.404 e. The number of methoxy groups -OCH3 is 1. The number of carbonyl (C=O) groups is 4. The van der Waals surface area contributed by atoms with Gasteiger partial charge in [-0.1, -0.05) is 6.42 Å². The topological polar surface area (TPSA) is 142 Å². The van der Waals surface area contributed by atoms with E-state index < -0.39 is 30.6 Å². The van der Waals surface area contributed by atoms with Crippen LogP contribution in [0.4, 0.5) is 14.9 Å². The summed E-state index contributed by atoms with van der Waals surface area (Å²) in [6.07, 6.45) is 9.78. The van der Waals surface area contributed by atoms with E-state index in [0.29, 0.717) is 49.5 Å². The first kappa shape index (κ1) is 33.8. The highest BCUT2D eigenvalue weighted by Gasteiger charge is 2.49. The van der Waals surface area contributed by atoms with Gasteiger partial charge in [0.05, 0.1) is 11.6 Å². The van der Waals surface area contributed by atoms with Crippen molar-refractivity contribution in [2.45, 2.75) is 114 Å². The summed E-state index contributed by atoms with van der Waals surface area (Å²) in [5.74, 6) is -0.666. The number of nitrogens with one attached hydrogen (secondary N) is 1. The van der Waals surface area contributed by atoms with E-state index in [2.05, 4.69) is 9.88 Å². The Balaban J connectivity index is 1.10. The number of rotatable bonds is 8. The summed E-state index contributed by atoms with van der Waals surface area (Å²) in [5, 5.41) is 4.03. The van der Waals surface area contributed by atoms with Gasteiger partial charge in [0.1, 0.15) is 24.5 Å². The van der Waals surface area contributed by atoms with Gasteiger partial charge in [0.25, 0.3) is 0 Å². The third kappa shape index (κ3) is 6.41. The molecule has 49 heavy (non-hydrogen) atoms. The second-order valence-electron chi connectivity index (χ2n) is 15.0. The lowest BCUT2D eigenvalue weighted by Crippen LogP contribution is -2.50. The molecule has 3 aliphatic carbocycles. The van der Waals surface area contributed by atoms with Gasteiger partial charge in [0.15, 0.2) is 5.72 Å². The zero-order valence-electron chi connectivity index (χ0n) is 28.4. The number of alkyl halides is 1. The van der Waals surface area contributed by atoms with Crippen LogP contribution in [0.25, 0.3) is 10.9 Å². The van der Waals surface area contributed by atoms with Crippen LogP contribution in [-0.2, 0) is 29.5 Å². The van der Waals surface area contributed by atoms with Gasteiger partial charge in [-0.05, 0) is 113 Å². The summed E-state index contributed by atoms with van der Waals surface area (Å²) in [6.45, 7) is -0.296. The average Bonchev–Trinajstić information content (AvgIpc) is 3.80. The third-order valence-electron chi connectivity index (χ3n) is 12.3. The number of hydrogen-bond acceptors (Lipinski definition) is 7. The van der Waals surface area contributed by atoms with Crippen LogP contribution in [-0.4, -0.2) is 71.9 Å². The number of hydrogen-bond donors (Lipinski definition) is 2. The summed E-state index contributed by atoms with van der Waals surface area (Å²) >= 11 is 0. The minimum atomic E-state index is -0.992. The van der Waals surface area contributed by atoms with Gasteiger partial charge in [-0.25, -0.2) is 14.0 Å². The van der Waals surface area contributed by atoms with Gasteiger partial charge in [0, 0.05) is 43.5 Å². The molecule has 3 atom stereocenters. The lowest BCUT2D eigenvalue weighted by atomic mass is 9.75. The summed E-state index contributed by atoms with van der Waals surface area (Å²) in [4.78, 5) is 54.5. The summed E-state index contributed by atoms with van der Waals surface area (Å²) in [6, 6.07) is 7.00. The highest BCUT2D eigenvalue weighted by Crippen LogP contribution is 2.46. The SMILES string of the molecule is CO[C@H]1CC[C@H]([C@@H]2CCN(C(=O)C3CCC([C@@H](CF)OC(N)=O)CC3)[C@@H]2C(=O)Nc2ccc3c(c2)cc2n3C3(CCCCC3)OC2=O)CC1. The summed E-state index contributed by atoms with van der Waals surface area (Å²) in [7, 11) is 1.75. The Labute approximate surface area is 286 Å². The molecule has 2 aliphatic heterocycles. The minimum absolute atomic E-state index is 0.0286. The van der Waals surface area contributed by atoms with Gasteiger partial charge in [-0.3, -0.25) is 14.2 Å². The molecule has 1 aromatic carbocycles. The molecule has 266 valence electrons. The van der Waals surface area contributed by atoms with Gasteiger partial charge in [0.2, 0.25) is 11.8 Å². The molecule has 1 saturated heterocycles. The number of primary amides is 1. The molecule has 3 heterocycles. The molecule has 11 nitrogen and oxygen atoms in total. The predicted octanol–water partition coefficient (Wildman–Crippen LogP) is 6.03.